The lowest BCUT2D eigenvalue weighted by Crippen LogP contribution is -2.66. The van der Waals surface area contributed by atoms with Crippen molar-refractivity contribution in [3.8, 4) is 0 Å². The van der Waals surface area contributed by atoms with Crippen LogP contribution in [0, 0.1) is 40.4 Å². The van der Waals surface area contributed by atoms with Crippen molar-refractivity contribution < 1.29 is 29.3 Å². The van der Waals surface area contributed by atoms with Crippen LogP contribution in [-0.2, 0) is 19.1 Å². The highest BCUT2D eigenvalue weighted by Crippen LogP contribution is 2.73. The van der Waals surface area contributed by atoms with E-state index in [1.165, 1.54) is 6.08 Å². The molecule has 4 aliphatic carbocycles. The molecule has 0 aromatic heterocycles. The van der Waals surface area contributed by atoms with E-state index in [1.54, 1.807) is 6.08 Å². The Labute approximate surface area is 201 Å². The topological polar surface area (TPSA) is 96.4 Å². The lowest BCUT2D eigenvalue weighted by atomic mass is 9.44. The summed E-state index contributed by atoms with van der Waals surface area (Å²) < 4.78 is 12.1. The summed E-state index contributed by atoms with van der Waals surface area (Å²) >= 11 is 0. The van der Waals surface area contributed by atoms with Crippen LogP contribution in [0.1, 0.15) is 66.2 Å². The van der Waals surface area contributed by atoms with Gasteiger partial charge in [0.05, 0.1) is 18.1 Å². The molecule has 1 saturated heterocycles. The number of carbonyl (C=O) groups is 2. The first-order valence-corrected chi connectivity index (χ1v) is 13.2. The van der Waals surface area contributed by atoms with Crippen LogP contribution in [0.25, 0.3) is 0 Å². The number of epoxide rings is 1. The Kier molecular flexibility index (Phi) is 4.90. The van der Waals surface area contributed by atoms with Crippen LogP contribution < -0.4 is 0 Å². The molecule has 0 aromatic rings. The molecule has 186 valence electrons. The maximum absolute atomic E-state index is 13.4. The molecule has 0 aromatic carbocycles. The van der Waals surface area contributed by atoms with E-state index in [9.17, 15) is 19.8 Å². The van der Waals surface area contributed by atoms with Gasteiger partial charge in [-0.1, -0.05) is 19.4 Å². The Morgan fingerprint density at radius 2 is 1.94 bits per heavy atom. The van der Waals surface area contributed by atoms with Crippen LogP contribution in [0.3, 0.4) is 0 Å². The van der Waals surface area contributed by atoms with Gasteiger partial charge in [0, 0.05) is 12.0 Å². The van der Waals surface area contributed by atoms with Crippen molar-refractivity contribution >= 4 is 11.8 Å². The zero-order chi connectivity index (χ0) is 24.2. The maximum atomic E-state index is 13.4. The van der Waals surface area contributed by atoms with Crippen LogP contribution in [-0.4, -0.2) is 52.5 Å². The summed E-state index contributed by atoms with van der Waals surface area (Å²) in [5.74, 6) is 1.23. The average Bonchev–Trinajstić information content (AvgIpc) is 3.44. The zero-order valence-electron chi connectivity index (χ0n) is 20.8. The molecule has 2 aliphatic heterocycles. The Morgan fingerprint density at radius 1 is 1.18 bits per heavy atom. The largest absolute Gasteiger partial charge is 0.458 e. The molecule has 1 spiro atoms. The molecule has 4 fully saturated rings. The highest BCUT2D eigenvalue weighted by atomic mass is 16.6. The number of hydrogen-bond acceptors (Lipinski definition) is 6. The Balaban J connectivity index is 1.30. The van der Waals surface area contributed by atoms with Gasteiger partial charge in [-0.15, -0.1) is 0 Å². The predicted molar refractivity (Wildman–Crippen MR) is 124 cm³/mol. The van der Waals surface area contributed by atoms with E-state index in [0.717, 1.165) is 49.7 Å². The number of ether oxygens (including phenoxy) is 2. The SMILES string of the molecule is CC1=C(C)C(=O)OC(C(C)[C@H]2CC[C@H]3[C@@H]4C[C@H]5O[C@]56[C@@H](O)C=CC(=O)[C@]6(CO)[C@H]4CC[C@]23C)C1. The summed E-state index contributed by atoms with van der Waals surface area (Å²) in [6, 6.07) is 0. The molecule has 3 saturated carbocycles. The quantitative estimate of drug-likeness (QED) is 0.485. The highest BCUT2D eigenvalue weighted by Gasteiger charge is 2.81. The van der Waals surface area contributed by atoms with E-state index in [4.69, 9.17) is 9.47 Å². The number of hydrogen-bond donors (Lipinski definition) is 2. The fourth-order valence-electron chi connectivity index (χ4n) is 9.62. The van der Waals surface area contributed by atoms with Gasteiger partial charge in [-0.2, -0.15) is 0 Å². The minimum atomic E-state index is -1.03. The normalized spacial score (nSPS) is 52.4. The molecule has 0 bridgehead atoms. The zero-order valence-corrected chi connectivity index (χ0v) is 20.8. The van der Waals surface area contributed by atoms with Gasteiger partial charge in [0.1, 0.15) is 17.8 Å². The van der Waals surface area contributed by atoms with Crippen molar-refractivity contribution in [3.63, 3.8) is 0 Å². The van der Waals surface area contributed by atoms with E-state index in [1.807, 2.05) is 13.8 Å². The molecule has 6 aliphatic rings. The molecule has 6 nitrogen and oxygen atoms in total. The Hall–Kier alpha value is -1.50. The molecule has 0 radical (unpaired) electrons. The van der Waals surface area contributed by atoms with Crippen molar-refractivity contribution in [1.82, 2.24) is 0 Å². The Morgan fingerprint density at radius 3 is 2.65 bits per heavy atom. The van der Waals surface area contributed by atoms with Gasteiger partial charge in [0.15, 0.2) is 5.78 Å². The Bertz CT molecular complexity index is 999. The minimum absolute atomic E-state index is 0.0239. The standard InChI is InChI=1S/C28H38O6/c1-14-11-21(33-25(32)15(14)2)16(3)18-5-6-19-17-12-24-28(34-24)23(31)8-7-22(30)27(28,13-29)20(17)9-10-26(18,19)4/h7-8,16-21,23-24,29,31H,5-6,9-13H2,1-4H3/t16?,17-,18+,19-,20-,21?,23-,24+,26+,27-,28+/m0/s1. The van der Waals surface area contributed by atoms with Crippen LogP contribution in [0.15, 0.2) is 23.3 Å². The summed E-state index contributed by atoms with van der Waals surface area (Å²) in [7, 11) is 0. The third kappa shape index (κ3) is 2.58. The summed E-state index contributed by atoms with van der Waals surface area (Å²) in [5.41, 5.74) is 0.0224. The van der Waals surface area contributed by atoms with Crippen molar-refractivity contribution in [2.75, 3.05) is 6.61 Å². The van der Waals surface area contributed by atoms with Crippen molar-refractivity contribution in [2.45, 2.75) is 90.1 Å². The minimum Gasteiger partial charge on any atom is -0.458 e. The first kappa shape index (κ1) is 22.9. The van der Waals surface area contributed by atoms with Gasteiger partial charge in [0.2, 0.25) is 0 Å². The predicted octanol–water partition coefficient (Wildman–Crippen LogP) is 3.35. The van der Waals surface area contributed by atoms with E-state index >= 15 is 0 Å². The van der Waals surface area contributed by atoms with Crippen LogP contribution in [0.4, 0.5) is 0 Å². The van der Waals surface area contributed by atoms with Crippen molar-refractivity contribution in [3.05, 3.63) is 23.3 Å². The van der Waals surface area contributed by atoms with E-state index in [2.05, 4.69) is 13.8 Å². The molecule has 6 rings (SSSR count). The highest BCUT2D eigenvalue weighted by molar-refractivity contribution is 5.98. The number of esters is 1. The van der Waals surface area contributed by atoms with Crippen molar-refractivity contribution in [2.24, 2.45) is 40.4 Å². The first-order chi connectivity index (χ1) is 16.1. The van der Waals surface area contributed by atoms with Gasteiger partial charge in [-0.3, -0.25) is 4.79 Å². The first-order valence-electron chi connectivity index (χ1n) is 13.2. The van der Waals surface area contributed by atoms with Gasteiger partial charge in [-0.25, -0.2) is 4.79 Å². The number of ketones is 1. The number of aliphatic hydroxyl groups excluding tert-OH is 2. The van der Waals surface area contributed by atoms with Gasteiger partial charge in [0.25, 0.3) is 0 Å². The van der Waals surface area contributed by atoms with Crippen LogP contribution in [0.5, 0.6) is 0 Å². The molecule has 11 atom stereocenters. The van der Waals surface area contributed by atoms with Gasteiger partial charge in [-0.05, 0) is 93.1 Å². The molecule has 0 amide bonds. The lowest BCUT2D eigenvalue weighted by Gasteiger charge is -2.58. The van der Waals surface area contributed by atoms with Crippen LogP contribution >= 0.6 is 0 Å². The second-order valence-corrected chi connectivity index (χ2v) is 12.5. The summed E-state index contributed by atoms with van der Waals surface area (Å²) in [4.78, 5) is 25.8. The van der Waals surface area contributed by atoms with Crippen LogP contribution in [0.2, 0.25) is 0 Å². The molecule has 6 heteroatoms. The molecule has 2 heterocycles. The maximum Gasteiger partial charge on any atom is 0.333 e. The smallest absolute Gasteiger partial charge is 0.333 e. The number of cyclic esters (lactones) is 1. The fourth-order valence-corrected chi connectivity index (χ4v) is 9.62. The van der Waals surface area contributed by atoms with Crippen molar-refractivity contribution in [1.29, 1.82) is 0 Å². The third-order valence-electron chi connectivity index (χ3n) is 11.6. The second kappa shape index (κ2) is 7.27. The van der Waals surface area contributed by atoms with E-state index < -0.39 is 17.1 Å². The number of carbonyl (C=O) groups excluding carboxylic acids is 2. The monoisotopic (exact) mass is 470 g/mol. The lowest BCUT2D eigenvalue weighted by molar-refractivity contribution is -0.164. The van der Waals surface area contributed by atoms with Gasteiger partial charge >= 0.3 is 5.97 Å². The number of allylic oxidation sites excluding steroid dienone is 1. The number of aliphatic hydroxyl groups is 2. The van der Waals surface area contributed by atoms with Gasteiger partial charge < -0.3 is 19.7 Å². The number of fused-ring (bicyclic) bond motifs is 4. The van der Waals surface area contributed by atoms with E-state index in [-0.39, 0.29) is 47.8 Å². The fraction of sp³-hybridized carbons (Fsp3) is 0.786. The molecular formula is C28H38O6. The summed E-state index contributed by atoms with van der Waals surface area (Å²) in [6.45, 7) is 8.30. The number of rotatable bonds is 3. The molecule has 34 heavy (non-hydrogen) atoms. The average molecular weight is 471 g/mol. The summed E-state index contributed by atoms with van der Waals surface area (Å²) in [5, 5.41) is 21.5. The molecule has 2 unspecified atom stereocenters. The third-order valence-corrected chi connectivity index (χ3v) is 11.6. The molecular weight excluding hydrogens is 432 g/mol. The second-order valence-electron chi connectivity index (χ2n) is 12.5. The molecule has 2 N–H and O–H groups in total. The van der Waals surface area contributed by atoms with E-state index in [0.29, 0.717) is 17.8 Å². The summed E-state index contributed by atoms with van der Waals surface area (Å²) in [6.07, 6.45) is 7.65.